The Balaban J connectivity index is 1.73. The first-order valence-corrected chi connectivity index (χ1v) is 10.2. The van der Waals surface area contributed by atoms with Crippen LogP contribution in [0.4, 0.5) is 0 Å². The standard InChI is InChI=1S/C23H18N2O4S/c1-28-21(26)15-30-23-24-20-10-6-5-9-19(20)22(27)25(23)16-11-13-18(14-12-16)29-17-7-3-2-4-8-17/h2-14H,15H2,1H3. The lowest BCUT2D eigenvalue weighted by Crippen LogP contribution is -2.22. The molecular formula is C23H18N2O4S. The summed E-state index contributed by atoms with van der Waals surface area (Å²) in [6.45, 7) is 0. The average Bonchev–Trinajstić information content (AvgIpc) is 2.79. The van der Waals surface area contributed by atoms with Crippen LogP contribution < -0.4 is 10.3 Å². The van der Waals surface area contributed by atoms with Crippen molar-refractivity contribution in [3.8, 4) is 17.2 Å². The highest BCUT2D eigenvalue weighted by Gasteiger charge is 2.15. The fourth-order valence-electron chi connectivity index (χ4n) is 2.91. The molecule has 6 nitrogen and oxygen atoms in total. The van der Waals surface area contributed by atoms with Crippen LogP contribution in [0.5, 0.6) is 11.5 Å². The van der Waals surface area contributed by atoms with Gasteiger partial charge in [-0.2, -0.15) is 0 Å². The van der Waals surface area contributed by atoms with Gasteiger partial charge in [0.15, 0.2) is 5.16 Å². The first-order chi connectivity index (χ1) is 14.7. The summed E-state index contributed by atoms with van der Waals surface area (Å²) in [6, 6.07) is 23.8. The van der Waals surface area contributed by atoms with E-state index in [0.29, 0.717) is 27.5 Å². The highest BCUT2D eigenvalue weighted by Crippen LogP contribution is 2.25. The second kappa shape index (κ2) is 8.84. The van der Waals surface area contributed by atoms with Crippen molar-refractivity contribution in [2.75, 3.05) is 12.9 Å². The molecule has 4 aromatic rings. The molecule has 0 unspecified atom stereocenters. The van der Waals surface area contributed by atoms with Crippen molar-refractivity contribution in [2.45, 2.75) is 5.16 Å². The Morgan fingerprint density at radius 2 is 1.60 bits per heavy atom. The van der Waals surface area contributed by atoms with E-state index in [0.717, 1.165) is 17.5 Å². The van der Waals surface area contributed by atoms with E-state index < -0.39 is 0 Å². The summed E-state index contributed by atoms with van der Waals surface area (Å²) in [5.74, 6) is 1.04. The molecule has 0 saturated heterocycles. The molecule has 3 aromatic carbocycles. The van der Waals surface area contributed by atoms with E-state index in [1.54, 1.807) is 42.5 Å². The Labute approximate surface area is 177 Å². The normalized spacial score (nSPS) is 10.7. The number of nitrogens with zero attached hydrogens (tertiary/aromatic N) is 2. The van der Waals surface area contributed by atoms with Crippen LogP contribution in [-0.2, 0) is 9.53 Å². The van der Waals surface area contributed by atoms with Gasteiger partial charge in [0, 0.05) is 0 Å². The summed E-state index contributed by atoms with van der Waals surface area (Å²) < 4.78 is 12.0. The topological polar surface area (TPSA) is 70.4 Å². The number of thioether (sulfide) groups is 1. The maximum atomic E-state index is 13.2. The van der Waals surface area contributed by atoms with Gasteiger partial charge in [0.2, 0.25) is 0 Å². The number of carbonyl (C=O) groups excluding carboxylic acids is 1. The van der Waals surface area contributed by atoms with Crippen molar-refractivity contribution < 1.29 is 14.3 Å². The van der Waals surface area contributed by atoms with E-state index in [4.69, 9.17) is 9.47 Å². The molecule has 0 atom stereocenters. The van der Waals surface area contributed by atoms with Crippen LogP contribution in [0.2, 0.25) is 0 Å². The average molecular weight is 418 g/mol. The number of methoxy groups -OCH3 is 1. The molecule has 1 aromatic heterocycles. The number of benzene rings is 3. The molecule has 0 spiro atoms. The summed E-state index contributed by atoms with van der Waals surface area (Å²) in [4.78, 5) is 29.4. The third-order valence-electron chi connectivity index (χ3n) is 4.37. The van der Waals surface area contributed by atoms with Crippen molar-refractivity contribution >= 4 is 28.6 Å². The van der Waals surface area contributed by atoms with Crippen LogP contribution >= 0.6 is 11.8 Å². The molecule has 0 radical (unpaired) electrons. The zero-order valence-corrected chi connectivity index (χ0v) is 17.0. The van der Waals surface area contributed by atoms with E-state index >= 15 is 0 Å². The number of aromatic nitrogens is 2. The fourth-order valence-corrected chi connectivity index (χ4v) is 3.75. The third kappa shape index (κ3) is 4.21. The van der Waals surface area contributed by atoms with E-state index in [-0.39, 0.29) is 17.3 Å². The Kier molecular flexibility index (Phi) is 5.81. The van der Waals surface area contributed by atoms with Gasteiger partial charge in [0.25, 0.3) is 5.56 Å². The SMILES string of the molecule is COC(=O)CSc1nc2ccccc2c(=O)n1-c1ccc(Oc2ccccc2)cc1. The monoisotopic (exact) mass is 418 g/mol. The van der Waals surface area contributed by atoms with Crippen LogP contribution in [0.15, 0.2) is 88.8 Å². The summed E-state index contributed by atoms with van der Waals surface area (Å²) in [7, 11) is 1.33. The molecule has 0 fully saturated rings. The lowest BCUT2D eigenvalue weighted by molar-refractivity contribution is -0.137. The zero-order chi connectivity index (χ0) is 20.9. The van der Waals surface area contributed by atoms with Gasteiger partial charge in [-0.1, -0.05) is 42.1 Å². The van der Waals surface area contributed by atoms with E-state index in [2.05, 4.69) is 4.98 Å². The van der Waals surface area contributed by atoms with Crippen molar-refractivity contribution in [3.05, 3.63) is 89.2 Å². The number of fused-ring (bicyclic) bond motifs is 1. The first kappa shape index (κ1) is 19.7. The maximum absolute atomic E-state index is 13.2. The van der Waals surface area contributed by atoms with Crippen molar-refractivity contribution in [2.24, 2.45) is 0 Å². The quantitative estimate of drug-likeness (QED) is 0.262. The number of hydrogen-bond acceptors (Lipinski definition) is 6. The molecule has 4 rings (SSSR count). The molecule has 0 aliphatic carbocycles. The molecule has 30 heavy (non-hydrogen) atoms. The molecule has 0 aliphatic heterocycles. The minimum Gasteiger partial charge on any atom is -0.468 e. The second-order valence-corrected chi connectivity index (χ2v) is 7.27. The van der Waals surface area contributed by atoms with Gasteiger partial charge in [-0.3, -0.25) is 14.2 Å². The smallest absolute Gasteiger partial charge is 0.316 e. The Hall–Kier alpha value is -3.58. The highest BCUT2D eigenvalue weighted by atomic mass is 32.2. The number of esters is 1. The largest absolute Gasteiger partial charge is 0.468 e. The van der Waals surface area contributed by atoms with Crippen LogP contribution in [0.25, 0.3) is 16.6 Å². The molecule has 0 amide bonds. The zero-order valence-electron chi connectivity index (χ0n) is 16.1. The van der Waals surface area contributed by atoms with Crippen molar-refractivity contribution in [3.63, 3.8) is 0 Å². The number of hydrogen-bond donors (Lipinski definition) is 0. The van der Waals surface area contributed by atoms with Gasteiger partial charge in [0.1, 0.15) is 11.5 Å². The van der Waals surface area contributed by atoms with Gasteiger partial charge in [-0.05, 0) is 48.5 Å². The number of rotatable bonds is 6. The molecule has 0 aliphatic rings. The Bertz CT molecular complexity index is 1240. The number of ether oxygens (including phenoxy) is 2. The van der Waals surface area contributed by atoms with Gasteiger partial charge in [0.05, 0.1) is 29.5 Å². The van der Waals surface area contributed by atoms with Crippen molar-refractivity contribution in [1.29, 1.82) is 0 Å². The van der Waals surface area contributed by atoms with E-state index in [9.17, 15) is 9.59 Å². The van der Waals surface area contributed by atoms with E-state index in [1.165, 1.54) is 11.7 Å². The van der Waals surface area contributed by atoms with Crippen molar-refractivity contribution in [1.82, 2.24) is 9.55 Å². The van der Waals surface area contributed by atoms with Crippen LogP contribution in [0.3, 0.4) is 0 Å². The van der Waals surface area contributed by atoms with Crippen LogP contribution in [0, 0.1) is 0 Å². The predicted molar refractivity (Wildman–Crippen MR) is 117 cm³/mol. The first-order valence-electron chi connectivity index (χ1n) is 9.20. The lowest BCUT2D eigenvalue weighted by atomic mass is 10.2. The predicted octanol–water partition coefficient (Wildman–Crippen LogP) is 4.44. The van der Waals surface area contributed by atoms with Crippen LogP contribution in [0.1, 0.15) is 0 Å². The molecule has 0 saturated carbocycles. The molecule has 0 N–H and O–H groups in total. The fraction of sp³-hybridized carbons (Fsp3) is 0.0870. The minimum atomic E-state index is -0.388. The maximum Gasteiger partial charge on any atom is 0.316 e. The molecule has 7 heteroatoms. The third-order valence-corrected chi connectivity index (χ3v) is 5.28. The van der Waals surface area contributed by atoms with Gasteiger partial charge in [-0.15, -0.1) is 0 Å². The Morgan fingerprint density at radius 1 is 0.933 bits per heavy atom. The minimum absolute atomic E-state index is 0.0521. The number of carbonyl (C=O) groups is 1. The molecule has 0 bridgehead atoms. The Morgan fingerprint density at radius 3 is 2.33 bits per heavy atom. The summed E-state index contributed by atoms with van der Waals surface area (Å²) in [5.41, 5.74) is 1.01. The van der Waals surface area contributed by atoms with Crippen LogP contribution in [-0.4, -0.2) is 28.4 Å². The molecule has 1 heterocycles. The highest BCUT2D eigenvalue weighted by molar-refractivity contribution is 7.99. The van der Waals surface area contributed by atoms with E-state index in [1.807, 2.05) is 36.4 Å². The summed E-state index contributed by atoms with van der Waals surface area (Å²) in [6.07, 6.45) is 0. The summed E-state index contributed by atoms with van der Waals surface area (Å²) in [5, 5.41) is 0.922. The lowest BCUT2D eigenvalue weighted by Gasteiger charge is -2.13. The summed E-state index contributed by atoms with van der Waals surface area (Å²) >= 11 is 1.16. The second-order valence-electron chi connectivity index (χ2n) is 6.33. The molecular weight excluding hydrogens is 400 g/mol. The van der Waals surface area contributed by atoms with Gasteiger partial charge >= 0.3 is 5.97 Å². The molecule has 150 valence electrons. The number of para-hydroxylation sites is 2. The van der Waals surface area contributed by atoms with Gasteiger partial charge in [-0.25, -0.2) is 4.98 Å². The van der Waals surface area contributed by atoms with Gasteiger partial charge < -0.3 is 9.47 Å².